The molecular weight excluding hydrogens is 476 g/mol. The average Bonchev–Trinajstić information content (AvgIpc) is 3.03. The molecular formula is C24H21ClN4O4S. The second-order valence-corrected chi connectivity index (χ2v) is 9.59. The van der Waals surface area contributed by atoms with Gasteiger partial charge in [0.1, 0.15) is 5.69 Å². The number of benzene rings is 3. The fraction of sp³-hybridized carbons (Fsp3) is 0.0833. The van der Waals surface area contributed by atoms with Crippen molar-refractivity contribution in [3.05, 3.63) is 105 Å². The summed E-state index contributed by atoms with van der Waals surface area (Å²) in [5.41, 5.74) is 1.26. The van der Waals surface area contributed by atoms with Gasteiger partial charge in [-0.3, -0.25) is 19.0 Å². The molecule has 0 aliphatic rings. The SMILES string of the molecule is Cc1c(NC(=O)c2ccc(NS(=O)(=O)c3ccccc3)cc2Cl)c(=O)n(-c2ccccc2)n1C. The number of para-hydroxylation sites is 1. The molecule has 0 saturated carbocycles. The molecule has 1 aromatic heterocycles. The van der Waals surface area contributed by atoms with Crippen LogP contribution in [0.3, 0.4) is 0 Å². The summed E-state index contributed by atoms with van der Waals surface area (Å²) in [5.74, 6) is -0.589. The molecule has 0 atom stereocenters. The van der Waals surface area contributed by atoms with E-state index in [-0.39, 0.29) is 32.4 Å². The first-order valence-corrected chi connectivity index (χ1v) is 12.1. The highest BCUT2D eigenvalue weighted by Gasteiger charge is 2.21. The van der Waals surface area contributed by atoms with Gasteiger partial charge in [0.15, 0.2) is 0 Å². The first kappa shape index (κ1) is 23.3. The van der Waals surface area contributed by atoms with Crippen LogP contribution in [0.4, 0.5) is 11.4 Å². The zero-order valence-electron chi connectivity index (χ0n) is 18.3. The first-order chi connectivity index (χ1) is 16.2. The normalized spacial score (nSPS) is 11.3. The van der Waals surface area contributed by atoms with Crippen molar-refractivity contribution in [3.8, 4) is 5.69 Å². The molecule has 0 aliphatic carbocycles. The Hall–Kier alpha value is -3.82. The number of sulfonamides is 1. The molecule has 10 heteroatoms. The number of aromatic nitrogens is 2. The Labute approximate surface area is 201 Å². The van der Waals surface area contributed by atoms with Crippen molar-refractivity contribution in [1.82, 2.24) is 9.36 Å². The van der Waals surface area contributed by atoms with Crippen LogP contribution in [0.5, 0.6) is 0 Å². The van der Waals surface area contributed by atoms with Crippen molar-refractivity contribution in [1.29, 1.82) is 0 Å². The summed E-state index contributed by atoms with van der Waals surface area (Å²) in [6, 6.07) is 21.1. The second kappa shape index (κ2) is 9.20. The van der Waals surface area contributed by atoms with Crippen LogP contribution < -0.4 is 15.6 Å². The number of carbonyl (C=O) groups is 1. The molecule has 34 heavy (non-hydrogen) atoms. The number of hydrogen-bond donors (Lipinski definition) is 2. The lowest BCUT2D eigenvalue weighted by molar-refractivity contribution is 0.102. The Morgan fingerprint density at radius 1 is 0.941 bits per heavy atom. The third kappa shape index (κ3) is 4.48. The van der Waals surface area contributed by atoms with E-state index < -0.39 is 15.9 Å². The summed E-state index contributed by atoms with van der Waals surface area (Å²) in [6.07, 6.45) is 0. The topological polar surface area (TPSA) is 102 Å². The fourth-order valence-corrected chi connectivity index (χ4v) is 4.81. The van der Waals surface area contributed by atoms with Gasteiger partial charge in [-0.2, -0.15) is 0 Å². The molecule has 1 amide bonds. The van der Waals surface area contributed by atoms with Gasteiger partial charge in [0.25, 0.3) is 21.5 Å². The largest absolute Gasteiger partial charge is 0.316 e. The van der Waals surface area contributed by atoms with Gasteiger partial charge < -0.3 is 5.32 Å². The molecule has 2 N–H and O–H groups in total. The van der Waals surface area contributed by atoms with Crippen molar-refractivity contribution >= 4 is 38.9 Å². The van der Waals surface area contributed by atoms with Crippen LogP contribution >= 0.6 is 11.6 Å². The third-order valence-corrected chi connectivity index (χ3v) is 7.02. The van der Waals surface area contributed by atoms with Gasteiger partial charge >= 0.3 is 0 Å². The number of nitrogens with zero attached hydrogens (tertiary/aromatic N) is 2. The van der Waals surface area contributed by atoms with E-state index in [1.165, 1.54) is 35.0 Å². The minimum Gasteiger partial charge on any atom is -0.316 e. The summed E-state index contributed by atoms with van der Waals surface area (Å²) in [5, 5.41) is 2.67. The van der Waals surface area contributed by atoms with E-state index in [1.54, 1.807) is 49.0 Å². The van der Waals surface area contributed by atoms with E-state index in [0.29, 0.717) is 11.4 Å². The molecule has 3 aromatic carbocycles. The summed E-state index contributed by atoms with van der Waals surface area (Å²) < 4.78 is 30.6. The molecule has 1 heterocycles. The highest BCUT2D eigenvalue weighted by Crippen LogP contribution is 2.24. The van der Waals surface area contributed by atoms with Gasteiger partial charge in [0.2, 0.25) is 0 Å². The van der Waals surface area contributed by atoms with E-state index in [4.69, 9.17) is 11.6 Å². The van der Waals surface area contributed by atoms with Gasteiger partial charge in [0.05, 0.1) is 32.6 Å². The van der Waals surface area contributed by atoms with Crippen molar-refractivity contribution in [2.24, 2.45) is 7.05 Å². The van der Waals surface area contributed by atoms with Crippen LogP contribution in [-0.2, 0) is 17.1 Å². The van der Waals surface area contributed by atoms with Crippen molar-refractivity contribution < 1.29 is 13.2 Å². The number of amides is 1. The van der Waals surface area contributed by atoms with E-state index in [1.807, 2.05) is 18.2 Å². The van der Waals surface area contributed by atoms with Gasteiger partial charge in [-0.25, -0.2) is 13.1 Å². The maximum Gasteiger partial charge on any atom is 0.295 e. The van der Waals surface area contributed by atoms with Crippen LogP contribution in [-0.4, -0.2) is 23.7 Å². The number of hydrogen-bond acceptors (Lipinski definition) is 4. The number of halogens is 1. The number of rotatable bonds is 6. The lowest BCUT2D eigenvalue weighted by atomic mass is 10.2. The van der Waals surface area contributed by atoms with E-state index >= 15 is 0 Å². The Kier molecular flexibility index (Phi) is 6.32. The minimum atomic E-state index is -3.81. The Balaban J connectivity index is 1.59. The Morgan fingerprint density at radius 2 is 1.56 bits per heavy atom. The van der Waals surface area contributed by atoms with Crippen molar-refractivity contribution in [2.45, 2.75) is 11.8 Å². The summed E-state index contributed by atoms with van der Waals surface area (Å²) in [6.45, 7) is 1.72. The molecule has 0 spiro atoms. The zero-order chi connectivity index (χ0) is 24.5. The van der Waals surface area contributed by atoms with Crippen molar-refractivity contribution in [3.63, 3.8) is 0 Å². The maximum atomic E-state index is 13.0. The van der Waals surface area contributed by atoms with Crippen LogP contribution in [0.15, 0.2) is 88.6 Å². The Bertz CT molecular complexity index is 1530. The molecule has 0 aliphatic heterocycles. The maximum absolute atomic E-state index is 13.0. The highest BCUT2D eigenvalue weighted by molar-refractivity contribution is 7.92. The monoisotopic (exact) mass is 496 g/mol. The number of nitrogens with one attached hydrogen (secondary N) is 2. The lowest BCUT2D eigenvalue weighted by Gasteiger charge is -2.10. The first-order valence-electron chi connectivity index (χ1n) is 10.2. The molecule has 0 radical (unpaired) electrons. The average molecular weight is 497 g/mol. The van der Waals surface area contributed by atoms with Gasteiger partial charge in [0, 0.05) is 7.05 Å². The van der Waals surface area contributed by atoms with E-state index in [2.05, 4.69) is 10.0 Å². The molecule has 0 saturated heterocycles. The quantitative estimate of drug-likeness (QED) is 0.418. The van der Waals surface area contributed by atoms with Crippen LogP contribution in [0.25, 0.3) is 5.69 Å². The Morgan fingerprint density at radius 3 is 2.18 bits per heavy atom. The lowest BCUT2D eigenvalue weighted by Crippen LogP contribution is -2.23. The van der Waals surface area contributed by atoms with Crippen LogP contribution in [0, 0.1) is 6.92 Å². The smallest absolute Gasteiger partial charge is 0.295 e. The fourth-order valence-electron chi connectivity index (χ4n) is 3.47. The van der Waals surface area contributed by atoms with Crippen LogP contribution in [0.1, 0.15) is 16.1 Å². The van der Waals surface area contributed by atoms with Gasteiger partial charge in [-0.05, 0) is 49.4 Å². The summed E-state index contributed by atoms with van der Waals surface area (Å²) >= 11 is 6.29. The summed E-state index contributed by atoms with van der Waals surface area (Å²) in [4.78, 5) is 26.0. The summed E-state index contributed by atoms with van der Waals surface area (Å²) in [7, 11) is -2.09. The number of carbonyl (C=O) groups excluding carboxylic acids is 1. The van der Waals surface area contributed by atoms with Crippen LogP contribution in [0.2, 0.25) is 5.02 Å². The van der Waals surface area contributed by atoms with Crippen molar-refractivity contribution in [2.75, 3.05) is 10.0 Å². The molecule has 4 aromatic rings. The minimum absolute atomic E-state index is 0.0303. The zero-order valence-corrected chi connectivity index (χ0v) is 19.9. The van der Waals surface area contributed by atoms with Gasteiger partial charge in [-0.1, -0.05) is 48.0 Å². The molecule has 8 nitrogen and oxygen atoms in total. The second-order valence-electron chi connectivity index (χ2n) is 7.50. The predicted octanol–water partition coefficient (Wildman–Crippen LogP) is 4.19. The predicted molar refractivity (Wildman–Crippen MR) is 132 cm³/mol. The number of anilines is 2. The molecule has 4 rings (SSSR count). The highest BCUT2D eigenvalue weighted by atomic mass is 35.5. The standard InChI is InChI=1S/C24H21ClN4O4S/c1-16-22(24(31)29(28(16)2)18-9-5-3-6-10-18)26-23(30)20-14-13-17(15-21(20)25)27-34(32,33)19-11-7-4-8-12-19/h3-15,27H,1-2H3,(H,26,30). The van der Waals surface area contributed by atoms with E-state index in [9.17, 15) is 18.0 Å². The molecule has 0 bridgehead atoms. The molecule has 0 fully saturated rings. The molecule has 174 valence electrons. The molecule has 0 unspecified atom stereocenters. The third-order valence-electron chi connectivity index (χ3n) is 5.31. The van der Waals surface area contributed by atoms with E-state index in [0.717, 1.165) is 0 Å². The van der Waals surface area contributed by atoms with Gasteiger partial charge in [-0.15, -0.1) is 0 Å².